The van der Waals surface area contributed by atoms with Crippen LogP contribution in [0.3, 0.4) is 0 Å². The summed E-state index contributed by atoms with van der Waals surface area (Å²) >= 11 is 7.00. The van der Waals surface area contributed by atoms with Crippen LogP contribution in [0.2, 0.25) is 0 Å². The van der Waals surface area contributed by atoms with Gasteiger partial charge in [0.15, 0.2) is 11.5 Å². The molecular formula is C13H16Br2O3. The molecule has 100 valence electrons. The van der Waals surface area contributed by atoms with Gasteiger partial charge >= 0.3 is 0 Å². The number of halogens is 2. The fraction of sp³-hybridized carbons (Fsp3) is 0.538. The molecule has 0 aromatic heterocycles. The maximum atomic E-state index is 5.98. The molecular weight excluding hydrogens is 364 g/mol. The summed E-state index contributed by atoms with van der Waals surface area (Å²) in [4.78, 5) is 0. The Bertz CT molecular complexity index is 403. The normalized spacial score (nSPS) is 18.9. The number of rotatable bonds is 5. The van der Waals surface area contributed by atoms with Crippen LogP contribution in [0.15, 0.2) is 16.6 Å². The van der Waals surface area contributed by atoms with E-state index >= 15 is 0 Å². The Hall–Kier alpha value is -0.260. The van der Waals surface area contributed by atoms with Crippen molar-refractivity contribution in [3.05, 3.63) is 22.2 Å². The fourth-order valence-electron chi connectivity index (χ4n) is 1.85. The monoisotopic (exact) mass is 378 g/mol. The van der Waals surface area contributed by atoms with E-state index in [0.717, 1.165) is 39.9 Å². The van der Waals surface area contributed by atoms with Crippen LogP contribution in [0, 0.1) is 0 Å². The molecule has 1 aliphatic rings. The zero-order valence-corrected chi connectivity index (χ0v) is 13.4. The molecule has 0 spiro atoms. The lowest BCUT2D eigenvalue weighted by Gasteiger charge is -2.18. The number of hydrogen-bond donors (Lipinski definition) is 0. The number of ether oxygens (including phenoxy) is 3. The number of benzene rings is 1. The van der Waals surface area contributed by atoms with Crippen molar-refractivity contribution in [2.75, 3.05) is 19.8 Å². The van der Waals surface area contributed by atoms with Crippen molar-refractivity contribution in [2.45, 2.75) is 24.8 Å². The second-order valence-corrected chi connectivity index (χ2v) is 5.49. The van der Waals surface area contributed by atoms with Crippen LogP contribution < -0.4 is 9.47 Å². The summed E-state index contributed by atoms with van der Waals surface area (Å²) in [6, 6.07) is 4.05. The first-order valence-electron chi connectivity index (χ1n) is 6.00. The zero-order valence-electron chi connectivity index (χ0n) is 10.2. The third kappa shape index (κ3) is 3.39. The molecule has 3 nitrogen and oxygen atoms in total. The van der Waals surface area contributed by atoms with Crippen molar-refractivity contribution in [3.63, 3.8) is 0 Å². The summed E-state index contributed by atoms with van der Waals surface area (Å²) in [7, 11) is 0. The summed E-state index contributed by atoms with van der Waals surface area (Å²) in [6.07, 6.45) is 1.05. The Morgan fingerprint density at radius 2 is 2.28 bits per heavy atom. The maximum Gasteiger partial charge on any atom is 0.175 e. The molecule has 0 radical (unpaired) electrons. The van der Waals surface area contributed by atoms with Crippen molar-refractivity contribution in [1.82, 2.24) is 0 Å². The van der Waals surface area contributed by atoms with Crippen molar-refractivity contribution in [1.29, 1.82) is 0 Å². The molecule has 1 aromatic carbocycles. The highest BCUT2D eigenvalue weighted by Crippen LogP contribution is 2.38. The lowest BCUT2D eigenvalue weighted by molar-refractivity contribution is 0.137. The number of alkyl halides is 1. The minimum atomic E-state index is 0.121. The number of hydrogen-bond acceptors (Lipinski definition) is 3. The fourth-order valence-corrected chi connectivity index (χ4v) is 2.75. The van der Waals surface area contributed by atoms with E-state index in [1.807, 2.05) is 19.1 Å². The van der Waals surface area contributed by atoms with Crippen LogP contribution in [0.25, 0.3) is 0 Å². The summed E-state index contributed by atoms with van der Waals surface area (Å²) in [6.45, 7) is 4.01. The highest BCUT2D eigenvalue weighted by Gasteiger charge is 2.21. The van der Waals surface area contributed by atoms with Gasteiger partial charge in [-0.25, -0.2) is 0 Å². The lowest BCUT2D eigenvalue weighted by atomic mass is 10.2. The molecule has 0 bridgehead atoms. The van der Waals surface area contributed by atoms with Crippen LogP contribution in [-0.2, 0) is 10.1 Å². The average Bonchev–Trinajstić information content (AvgIpc) is 2.86. The topological polar surface area (TPSA) is 27.7 Å². The van der Waals surface area contributed by atoms with E-state index in [4.69, 9.17) is 14.2 Å². The predicted octanol–water partition coefficient (Wildman–Crippen LogP) is 3.91. The van der Waals surface area contributed by atoms with Crippen molar-refractivity contribution >= 4 is 31.9 Å². The van der Waals surface area contributed by atoms with Crippen LogP contribution in [0.5, 0.6) is 11.5 Å². The first kappa shape index (κ1) is 14.2. The quantitative estimate of drug-likeness (QED) is 0.726. The second kappa shape index (κ2) is 6.78. The molecule has 1 heterocycles. The minimum absolute atomic E-state index is 0.121. The van der Waals surface area contributed by atoms with E-state index in [0.29, 0.717) is 13.2 Å². The van der Waals surface area contributed by atoms with E-state index in [-0.39, 0.29) is 6.10 Å². The van der Waals surface area contributed by atoms with E-state index in [1.54, 1.807) is 0 Å². The van der Waals surface area contributed by atoms with Crippen LogP contribution in [-0.4, -0.2) is 25.9 Å². The van der Waals surface area contributed by atoms with Crippen molar-refractivity contribution in [3.8, 4) is 11.5 Å². The zero-order chi connectivity index (χ0) is 13.0. The molecule has 1 saturated heterocycles. The van der Waals surface area contributed by atoms with Gasteiger partial charge in [0, 0.05) is 11.8 Å². The van der Waals surface area contributed by atoms with Gasteiger partial charge in [0.1, 0.15) is 6.10 Å². The SMILES string of the molecule is CCOc1cc(CBr)cc(Br)c1OC1CCOC1. The summed E-state index contributed by atoms with van der Waals surface area (Å²) in [5.41, 5.74) is 1.15. The Morgan fingerprint density at radius 1 is 1.44 bits per heavy atom. The van der Waals surface area contributed by atoms with E-state index in [1.165, 1.54) is 0 Å². The molecule has 1 unspecified atom stereocenters. The maximum absolute atomic E-state index is 5.98. The summed E-state index contributed by atoms with van der Waals surface area (Å²) < 4.78 is 17.9. The molecule has 1 atom stereocenters. The van der Waals surface area contributed by atoms with Gasteiger partial charge in [0.25, 0.3) is 0 Å². The standard InChI is InChI=1S/C13H16Br2O3/c1-2-17-12-6-9(7-14)5-11(15)13(12)18-10-3-4-16-8-10/h5-6,10H,2-4,7-8H2,1H3. The van der Waals surface area contributed by atoms with Gasteiger partial charge in [-0.15, -0.1) is 0 Å². The van der Waals surface area contributed by atoms with E-state index in [9.17, 15) is 0 Å². The average molecular weight is 380 g/mol. The Labute approximate surface area is 124 Å². The van der Waals surface area contributed by atoms with Gasteiger partial charge in [-0.3, -0.25) is 0 Å². The molecule has 1 aliphatic heterocycles. The molecule has 1 fully saturated rings. The minimum Gasteiger partial charge on any atom is -0.490 e. The van der Waals surface area contributed by atoms with Gasteiger partial charge in [0.2, 0.25) is 0 Å². The predicted molar refractivity (Wildman–Crippen MR) is 77.8 cm³/mol. The molecule has 1 aromatic rings. The van der Waals surface area contributed by atoms with Gasteiger partial charge in [0.05, 0.1) is 24.3 Å². The largest absolute Gasteiger partial charge is 0.490 e. The smallest absolute Gasteiger partial charge is 0.175 e. The molecule has 2 rings (SSSR count). The Kier molecular flexibility index (Phi) is 5.33. The highest BCUT2D eigenvalue weighted by atomic mass is 79.9. The van der Waals surface area contributed by atoms with Gasteiger partial charge < -0.3 is 14.2 Å². The summed E-state index contributed by atoms with van der Waals surface area (Å²) in [5.74, 6) is 1.56. The molecule has 18 heavy (non-hydrogen) atoms. The first-order chi connectivity index (χ1) is 8.74. The molecule has 0 saturated carbocycles. The third-order valence-corrected chi connectivity index (χ3v) is 3.93. The van der Waals surface area contributed by atoms with Gasteiger partial charge in [-0.2, -0.15) is 0 Å². The van der Waals surface area contributed by atoms with E-state index < -0.39 is 0 Å². The second-order valence-electron chi connectivity index (χ2n) is 4.07. The Balaban J connectivity index is 2.24. The summed E-state index contributed by atoms with van der Waals surface area (Å²) in [5, 5.41) is 0.790. The van der Waals surface area contributed by atoms with Crippen molar-refractivity contribution in [2.24, 2.45) is 0 Å². The molecule has 0 amide bonds. The van der Waals surface area contributed by atoms with Crippen LogP contribution in [0.1, 0.15) is 18.9 Å². The van der Waals surface area contributed by atoms with Crippen LogP contribution in [0.4, 0.5) is 0 Å². The lowest BCUT2D eigenvalue weighted by Crippen LogP contribution is -2.16. The van der Waals surface area contributed by atoms with Gasteiger partial charge in [-0.1, -0.05) is 15.9 Å². The molecule has 0 N–H and O–H groups in total. The first-order valence-corrected chi connectivity index (χ1v) is 7.91. The van der Waals surface area contributed by atoms with Crippen molar-refractivity contribution < 1.29 is 14.2 Å². The third-order valence-electron chi connectivity index (χ3n) is 2.70. The van der Waals surface area contributed by atoms with Gasteiger partial charge in [-0.05, 0) is 40.5 Å². The van der Waals surface area contributed by atoms with E-state index in [2.05, 4.69) is 31.9 Å². The highest BCUT2D eigenvalue weighted by molar-refractivity contribution is 9.10. The Morgan fingerprint density at radius 3 is 2.89 bits per heavy atom. The molecule has 0 aliphatic carbocycles. The van der Waals surface area contributed by atoms with Crippen LogP contribution >= 0.6 is 31.9 Å². The molecule has 5 heteroatoms.